The van der Waals surface area contributed by atoms with Gasteiger partial charge in [-0.25, -0.2) is 0 Å². The molecule has 0 aliphatic rings. The summed E-state index contributed by atoms with van der Waals surface area (Å²) < 4.78 is 8.67. The molecule has 0 heterocycles. The lowest BCUT2D eigenvalue weighted by molar-refractivity contribution is -0.597. The summed E-state index contributed by atoms with van der Waals surface area (Å²) in [6.45, 7) is 3.07. The van der Waals surface area contributed by atoms with Gasteiger partial charge in [0.25, 0.3) is 0 Å². The van der Waals surface area contributed by atoms with E-state index in [0.29, 0.717) is 0 Å². The van der Waals surface area contributed by atoms with Crippen LogP contribution in [-0.4, -0.2) is 6.61 Å². The number of ether oxygens (including phenoxy) is 1. The van der Waals surface area contributed by atoms with Gasteiger partial charge in [0.05, 0.1) is 6.61 Å². The third kappa shape index (κ3) is 5.53. The normalized spacial score (nSPS) is 10.4. The third-order valence-corrected chi connectivity index (χ3v) is 5.72. The van der Waals surface area contributed by atoms with E-state index in [1.807, 2.05) is 0 Å². The van der Waals surface area contributed by atoms with E-state index in [0.717, 1.165) is 18.8 Å². The zero-order valence-electron chi connectivity index (χ0n) is 12.0. The number of halogens is 1. The molecule has 0 fully saturated rings. The molecular weight excluding hydrogens is 359 g/mol. The molecule has 2 rings (SSSR count). The lowest BCUT2D eigenvalue weighted by Crippen LogP contribution is -3.61. The van der Waals surface area contributed by atoms with Crippen LogP contribution in [0.5, 0.6) is 5.75 Å². The molecule has 0 unspecified atom stereocenters. The van der Waals surface area contributed by atoms with Crippen LogP contribution in [0.4, 0.5) is 0 Å². The molecule has 0 N–H and O–H groups in total. The highest BCUT2D eigenvalue weighted by molar-refractivity contribution is 5.20. The van der Waals surface area contributed by atoms with Gasteiger partial charge in [0.15, 0.2) is 7.14 Å². The first-order valence-corrected chi connectivity index (χ1v) is 9.47. The van der Waals surface area contributed by atoms with Crippen LogP contribution in [-0.2, 0) is 0 Å². The van der Waals surface area contributed by atoms with Crippen LogP contribution >= 0.6 is 0 Å². The van der Waals surface area contributed by atoms with Crippen LogP contribution in [0.15, 0.2) is 54.6 Å². The fourth-order valence-electron chi connectivity index (χ4n) is 1.92. The molecule has 0 radical (unpaired) electrons. The van der Waals surface area contributed by atoms with Crippen molar-refractivity contribution in [2.45, 2.75) is 32.6 Å². The molecule has 0 atom stereocenters. The van der Waals surface area contributed by atoms with E-state index >= 15 is 0 Å². The number of unbranched alkanes of at least 4 members (excludes halogenated alkanes) is 3. The minimum absolute atomic E-state index is 0.0616. The number of hydrogen-bond acceptors (Lipinski definition) is 1. The zero-order chi connectivity index (χ0) is 14.0. The molecule has 2 heteroatoms. The maximum absolute atomic E-state index is 5.77. The second-order valence-electron chi connectivity index (χ2n) is 4.75. The smallest absolute Gasteiger partial charge is 0.357 e. The quantitative estimate of drug-likeness (QED) is 0.501. The molecule has 2 aromatic rings. The van der Waals surface area contributed by atoms with E-state index in [1.54, 1.807) is 0 Å². The Labute approximate surface area is 132 Å². The van der Waals surface area contributed by atoms with Crippen molar-refractivity contribution in [1.29, 1.82) is 0 Å². The Morgan fingerprint density at radius 2 is 1.50 bits per heavy atom. The maximum atomic E-state index is 5.77. The average Bonchev–Trinajstić information content (AvgIpc) is 2.50. The maximum Gasteiger partial charge on any atom is 0.357 e. The van der Waals surface area contributed by atoms with Gasteiger partial charge < -0.3 is 4.74 Å². The fourth-order valence-corrected chi connectivity index (χ4v) is 4.13. The molecular formula is C18H22IO+. The van der Waals surface area contributed by atoms with Crippen LogP contribution in [0.3, 0.4) is 0 Å². The Kier molecular flexibility index (Phi) is 6.92. The van der Waals surface area contributed by atoms with E-state index in [2.05, 4.69) is 61.5 Å². The molecule has 0 aliphatic heterocycles. The second-order valence-corrected chi connectivity index (χ2v) is 7.78. The van der Waals surface area contributed by atoms with Gasteiger partial charge in [-0.1, -0.05) is 44.4 Å². The van der Waals surface area contributed by atoms with Gasteiger partial charge in [0, 0.05) is 0 Å². The molecule has 2 aromatic carbocycles. The summed E-state index contributed by atoms with van der Waals surface area (Å²) in [5, 5.41) is 0. The first-order chi connectivity index (χ1) is 9.88. The molecule has 0 aromatic heterocycles. The van der Waals surface area contributed by atoms with Gasteiger partial charge in [-0.3, -0.25) is 0 Å². The van der Waals surface area contributed by atoms with Crippen molar-refractivity contribution in [2.75, 3.05) is 6.61 Å². The molecule has 20 heavy (non-hydrogen) atoms. The number of rotatable bonds is 8. The largest absolute Gasteiger partial charge is 0.494 e. The van der Waals surface area contributed by atoms with Crippen molar-refractivity contribution >= 4 is 0 Å². The van der Waals surface area contributed by atoms with Crippen molar-refractivity contribution in [3.05, 3.63) is 61.7 Å². The summed E-state index contributed by atoms with van der Waals surface area (Å²) in [5.41, 5.74) is 0. The van der Waals surface area contributed by atoms with Crippen LogP contribution in [0.1, 0.15) is 32.6 Å². The van der Waals surface area contributed by atoms with Gasteiger partial charge in [-0.2, -0.15) is 0 Å². The van der Waals surface area contributed by atoms with Crippen LogP contribution in [0.25, 0.3) is 0 Å². The molecule has 0 spiro atoms. The molecule has 0 saturated carbocycles. The summed E-state index contributed by atoms with van der Waals surface area (Å²) in [6.07, 6.45) is 5.02. The van der Waals surface area contributed by atoms with Crippen molar-refractivity contribution in [3.8, 4) is 5.75 Å². The Hall–Kier alpha value is -1.03. The van der Waals surface area contributed by atoms with E-state index in [1.165, 1.54) is 26.4 Å². The minimum atomic E-state index is -0.0616. The second kappa shape index (κ2) is 9.01. The SMILES string of the molecule is CCCCCCOc1ccc([I+]c2ccccc2)cc1. The summed E-state index contributed by atoms with van der Waals surface area (Å²) in [7, 11) is 0. The minimum Gasteiger partial charge on any atom is -0.494 e. The molecule has 0 bridgehead atoms. The lowest BCUT2D eigenvalue weighted by atomic mass is 10.2. The third-order valence-electron chi connectivity index (χ3n) is 3.03. The monoisotopic (exact) mass is 381 g/mol. The molecule has 1 nitrogen and oxygen atoms in total. The molecule has 0 amide bonds. The molecule has 106 valence electrons. The highest BCUT2D eigenvalue weighted by atomic mass is 127. The fraction of sp³-hybridized carbons (Fsp3) is 0.333. The van der Waals surface area contributed by atoms with Crippen molar-refractivity contribution < 1.29 is 25.9 Å². The van der Waals surface area contributed by atoms with Crippen LogP contribution in [0.2, 0.25) is 0 Å². The molecule has 0 saturated heterocycles. The lowest BCUT2D eigenvalue weighted by Gasteiger charge is -2.04. The first kappa shape index (κ1) is 15.4. The Bertz CT molecular complexity index is 479. The summed E-state index contributed by atoms with van der Waals surface area (Å²) >= 11 is -0.0616. The van der Waals surface area contributed by atoms with Gasteiger partial charge in [-0.15, -0.1) is 0 Å². The Balaban J connectivity index is 1.78. The predicted octanol–water partition coefficient (Wildman–Crippen LogP) is 1.77. The first-order valence-electron chi connectivity index (χ1n) is 7.31. The van der Waals surface area contributed by atoms with E-state index in [9.17, 15) is 0 Å². The summed E-state index contributed by atoms with van der Waals surface area (Å²) in [6, 6.07) is 19.4. The van der Waals surface area contributed by atoms with E-state index in [-0.39, 0.29) is 21.2 Å². The van der Waals surface area contributed by atoms with Gasteiger partial charge in [-0.05, 0) is 42.8 Å². The van der Waals surface area contributed by atoms with Gasteiger partial charge in [0.1, 0.15) is 5.75 Å². The van der Waals surface area contributed by atoms with Crippen molar-refractivity contribution in [2.24, 2.45) is 0 Å². The summed E-state index contributed by atoms with van der Waals surface area (Å²) in [5.74, 6) is 1.00. The topological polar surface area (TPSA) is 9.23 Å². The summed E-state index contributed by atoms with van der Waals surface area (Å²) in [4.78, 5) is 0. The highest BCUT2D eigenvalue weighted by Gasteiger charge is 2.14. The van der Waals surface area contributed by atoms with Gasteiger partial charge in [0.2, 0.25) is 0 Å². The predicted molar refractivity (Wildman–Crippen MR) is 79.9 cm³/mol. The highest BCUT2D eigenvalue weighted by Crippen LogP contribution is 2.09. The number of hydrogen-bond donors (Lipinski definition) is 0. The number of benzene rings is 2. The standard InChI is InChI=1S/C18H22IO/c1-2-3-4-8-15-20-18-13-11-17(12-14-18)19-16-9-6-5-7-10-16/h5-7,9-14H,2-4,8,15H2,1H3/q+1. The Morgan fingerprint density at radius 1 is 0.800 bits per heavy atom. The van der Waals surface area contributed by atoms with Gasteiger partial charge >= 0.3 is 21.2 Å². The Morgan fingerprint density at radius 3 is 2.20 bits per heavy atom. The van der Waals surface area contributed by atoms with E-state index < -0.39 is 0 Å². The van der Waals surface area contributed by atoms with Crippen LogP contribution in [0, 0.1) is 7.14 Å². The van der Waals surface area contributed by atoms with Crippen molar-refractivity contribution in [3.63, 3.8) is 0 Å². The van der Waals surface area contributed by atoms with E-state index in [4.69, 9.17) is 4.74 Å². The van der Waals surface area contributed by atoms with Crippen molar-refractivity contribution in [1.82, 2.24) is 0 Å². The zero-order valence-corrected chi connectivity index (χ0v) is 14.2. The average molecular weight is 381 g/mol. The van der Waals surface area contributed by atoms with Crippen LogP contribution < -0.4 is 25.9 Å². The molecule has 0 aliphatic carbocycles.